The highest BCUT2D eigenvalue weighted by Gasteiger charge is 2.43. The normalized spacial score (nSPS) is 28.7. The first-order valence-corrected chi connectivity index (χ1v) is 20.0. The van der Waals surface area contributed by atoms with Gasteiger partial charge in [0.1, 0.15) is 11.6 Å². The summed E-state index contributed by atoms with van der Waals surface area (Å²) in [5, 5.41) is 21.3. The maximum Gasteiger partial charge on any atom is 0.234 e. The molecule has 1 aromatic heterocycles. The number of nitrogen functional groups attached to an aromatic ring is 1. The third kappa shape index (κ3) is 7.00. The fraction of sp³-hybridized carbons (Fsp3) is 0.512. The monoisotopic (exact) mass is 748 g/mol. The van der Waals surface area contributed by atoms with Gasteiger partial charge in [0.2, 0.25) is 17.8 Å². The second-order valence-corrected chi connectivity index (χ2v) is 16.1. The average Bonchev–Trinajstić information content (AvgIpc) is 3.47. The first kappa shape index (κ1) is 35.6. The van der Waals surface area contributed by atoms with Gasteiger partial charge in [-0.15, -0.1) is 10.2 Å². The third-order valence-electron chi connectivity index (χ3n) is 12.9. The van der Waals surface area contributed by atoms with Gasteiger partial charge in [0.25, 0.3) is 0 Å². The van der Waals surface area contributed by atoms with E-state index in [1.165, 1.54) is 6.07 Å². The molecule has 2 amide bonds. The maximum absolute atomic E-state index is 15.3. The zero-order valence-corrected chi connectivity index (χ0v) is 31.1. The van der Waals surface area contributed by atoms with Crippen molar-refractivity contribution in [2.24, 2.45) is 15.9 Å². The molecule has 3 aromatic rings. The smallest absolute Gasteiger partial charge is 0.234 e. The third-order valence-corrected chi connectivity index (χ3v) is 12.9. The Morgan fingerprint density at radius 1 is 0.818 bits per heavy atom. The Morgan fingerprint density at radius 2 is 1.56 bits per heavy atom. The van der Waals surface area contributed by atoms with E-state index < -0.39 is 5.92 Å². The van der Waals surface area contributed by atoms with Crippen LogP contribution in [0.25, 0.3) is 11.3 Å². The summed E-state index contributed by atoms with van der Waals surface area (Å²) < 4.78 is 15.3. The topological polar surface area (TPSA) is 156 Å². The van der Waals surface area contributed by atoms with Crippen LogP contribution in [0.5, 0.6) is 5.75 Å². The van der Waals surface area contributed by atoms with Gasteiger partial charge in [0.05, 0.1) is 29.0 Å². The van der Waals surface area contributed by atoms with E-state index in [0.717, 1.165) is 95.9 Å². The lowest BCUT2D eigenvalue weighted by molar-refractivity contribution is -0.134. The number of hydrogen-bond acceptors (Lipinski definition) is 12. The first-order chi connectivity index (χ1) is 26.8. The van der Waals surface area contributed by atoms with E-state index in [2.05, 4.69) is 41.3 Å². The van der Waals surface area contributed by atoms with Gasteiger partial charge >= 0.3 is 0 Å². The summed E-state index contributed by atoms with van der Waals surface area (Å²) in [6, 6.07) is 15.5. The number of amides is 2. The number of carbonyl (C=O) groups excluding carboxylic acids is 2. The number of aromatic nitrogens is 2. The van der Waals surface area contributed by atoms with Crippen LogP contribution in [0.1, 0.15) is 69.3 Å². The Balaban J connectivity index is 0.785. The van der Waals surface area contributed by atoms with Crippen molar-refractivity contribution in [3.8, 4) is 17.0 Å². The number of guanidine groups is 1. The molecule has 2 unspecified atom stereocenters. The van der Waals surface area contributed by atoms with Gasteiger partial charge in [-0.2, -0.15) is 0 Å². The summed E-state index contributed by atoms with van der Waals surface area (Å²) in [7, 11) is 0. The molecule has 55 heavy (non-hydrogen) atoms. The van der Waals surface area contributed by atoms with Crippen LogP contribution >= 0.6 is 0 Å². The summed E-state index contributed by atoms with van der Waals surface area (Å²) in [4.78, 5) is 43.6. The van der Waals surface area contributed by atoms with Gasteiger partial charge < -0.3 is 25.5 Å². The van der Waals surface area contributed by atoms with Crippen LogP contribution in [-0.4, -0.2) is 113 Å². The number of phenolic OH excluding ortho intramolecular Hbond substituents is 1. The van der Waals surface area contributed by atoms with Crippen molar-refractivity contribution in [3.63, 3.8) is 0 Å². The number of halogens is 1. The Hall–Kier alpha value is -5.11. The number of piperidine rings is 1. The van der Waals surface area contributed by atoms with Crippen LogP contribution < -0.4 is 20.9 Å². The second kappa shape index (κ2) is 14.9. The molecule has 4 atom stereocenters. The van der Waals surface area contributed by atoms with E-state index in [0.29, 0.717) is 46.7 Å². The molecule has 9 rings (SSSR count). The van der Waals surface area contributed by atoms with Crippen molar-refractivity contribution in [1.29, 1.82) is 0 Å². The number of nitrogens with one attached hydrogen (secondary N) is 1. The minimum atomic E-state index is -0.485. The molecule has 2 aromatic carbocycles. The van der Waals surface area contributed by atoms with Crippen molar-refractivity contribution in [2.45, 2.75) is 87.9 Å². The second-order valence-electron chi connectivity index (χ2n) is 16.1. The van der Waals surface area contributed by atoms with Crippen molar-refractivity contribution >= 4 is 41.2 Å². The summed E-state index contributed by atoms with van der Waals surface area (Å²) >= 11 is 0. The number of fused-ring (bicyclic) bond motifs is 2. The zero-order chi connectivity index (χ0) is 37.6. The van der Waals surface area contributed by atoms with E-state index in [4.69, 9.17) is 15.7 Å². The number of rotatable bonds is 6. The van der Waals surface area contributed by atoms with E-state index in [-0.39, 0.29) is 47.9 Å². The predicted octanol–water partition coefficient (Wildman–Crippen LogP) is 4.32. The number of phenols is 1. The number of aromatic hydroxyl groups is 1. The molecule has 1 saturated carbocycles. The van der Waals surface area contributed by atoms with Crippen molar-refractivity contribution in [3.05, 3.63) is 59.9 Å². The molecule has 1 aliphatic carbocycles. The number of aliphatic imine (C=N–C) groups is 2. The average molecular weight is 749 g/mol. The molecule has 5 aliphatic heterocycles. The maximum atomic E-state index is 15.3. The molecule has 0 spiro atoms. The Labute approximate surface area is 320 Å². The number of imide groups is 1. The summed E-state index contributed by atoms with van der Waals surface area (Å²) in [6.45, 7) is 4.91. The highest BCUT2D eigenvalue weighted by Crippen LogP contribution is 2.39. The number of carbonyl (C=O) groups is 2. The molecular weight excluding hydrogens is 700 g/mol. The number of para-hydroxylation sites is 1. The quantitative estimate of drug-likeness (QED) is 0.311. The minimum absolute atomic E-state index is 0.166. The number of benzene rings is 2. The first-order valence-electron chi connectivity index (χ1n) is 20.0. The minimum Gasteiger partial charge on any atom is -0.507 e. The molecule has 6 heterocycles. The summed E-state index contributed by atoms with van der Waals surface area (Å²) in [6.07, 6.45) is 10.4. The van der Waals surface area contributed by atoms with E-state index in [1.807, 2.05) is 24.3 Å². The van der Waals surface area contributed by atoms with Crippen molar-refractivity contribution in [1.82, 2.24) is 25.3 Å². The van der Waals surface area contributed by atoms with Crippen molar-refractivity contribution in [2.75, 3.05) is 54.8 Å². The highest BCUT2D eigenvalue weighted by atomic mass is 19.1. The van der Waals surface area contributed by atoms with Crippen molar-refractivity contribution < 1.29 is 19.1 Å². The highest BCUT2D eigenvalue weighted by molar-refractivity contribution is 6.01. The SMILES string of the molecule is Nc1nnc(-c2ccccc2O)cc1N1C[C@H]2CC[C@@H](C1)N2C1=NC([C@H]2CC[C@@H](N3CCN(c4ccc(C5CCC(=O)NC5=O)cc4F)CC3)CC2)CC=N1. The number of nitrogens with zero attached hydrogens (tertiary/aromatic N) is 8. The lowest BCUT2D eigenvalue weighted by atomic mass is 9.80. The van der Waals surface area contributed by atoms with Gasteiger partial charge in [-0.3, -0.25) is 19.8 Å². The fourth-order valence-corrected chi connectivity index (χ4v) is 9.99. The van der Waals surface area contributed by atoms with Gasteiger partial charge in [0.15, 0.2) is 5.82 Å². The fourth-order valence-electron chi connectivity index (χ4n) is 9.99. The van der Waals surface area contributed by atoms with Crippen LogP contribution in [0.2, 0.25) is 0 Å². The summed E-state index contributed by atoms with van der Waals surface area (Å²) in [5.74, 6) is 0.575. The number of anilines is 3. The van der Waals surface area contributed by atoms with E-state index in [1.54, 1.807) is 18.2 Å². The molecule has 5 fully saturated rings. The largest absolute Gasteiger partial charge is 0.507 e. The lowest BCUT2D eigenvalue weighted by Crippen LogP contribution is -2.56. The van der Waals surface area contributed by atoms with Gasteiger partial charge in [-0.1, -0.05) is 18.2 Å². The lowest BCUT2D eigenvalue weighted by Gasteiger charge is -2.44. The molecule has 14 heteroatoms. The molecule has 288 valence electrons. The van der Waals surface area contributed by atoms with Crippen LogP contribution in [-0.2, 0) is 9.59 Å². The van der Waals surface area contributed by atoms with E-state index in [9.17, 15) is 14.7 Å². The van der Waals surface area contributed by atoms with Crippen LogP contribution in [0.3, 0.4) is 0 Å². The molecule has 13 nitrogen and oxygen atoms in total. The molecule has 6 aliphatic rings. The van der Waals surface area contributed by atoms with Gasteiger partial charge in [-0.05, 0) is 86.8 Å². The Bertz CT molecular complexity index is 2000. The zero-order valence-electron chi connectivity index (χ0n) is 31.1. The van der Waals surface area contributed by atoms with E-state index >= 15 is 4.39 Å². The Kier molecular flexibility index (Phi) is 9.61. The number of piperazine rings is 2. The molecule has 2 bridgehead atoms. The summed E-state index contributed by atoms with van der Waals surface area (Å²) in [5.41, 5.74) is 9.67. The van der Waals surface area contributed by atoms with Gasteiger partial charge in [0, 0.05) is 82.0 Å². The number of nitrogens with two attached hydrogens (primary N) is 1. The molecule has 0 radical (unpaired) electrons. The molecule has 4 N–H and O–H groups in total. The van der Waals surface area contributed by atoms with Crippen LogP contribution in [0.4, 0.5) is 21.6 Å². The predicted molar refractivity (Wildman–Crippen MR) is 210 cm³/mol. The number of hydrogen-bond donors (Lipinski definition) is 3. The standard InChI is InChI=1S/C41H49FN10O3/c42-32-21-26(30-12-14-38(54)46-40(30)55)7-13-35(32)50-19-17-49(18-20-50)27-8-5-25(6-9-27)33-15-16-44-41(45-33)52-28-10-11-29(52)24-51(23-28)36-22-34(47-48-39(36)43)31-3-1-2-4-37(31)53/h1-4,7,13,16,21-22,25,27-30,33,53H,5-6,8-12,14-15,17-20,23-24H2,(H2,43,48)(H,46,54,55)/t25-,27+,28-,29+,30?,33?. The molecule has 4 saturated heterocycles. The van der Waals surface area contributed by atoms with Crippen LogP contribution in [0.15, 0.2) is 58.5 Å². The van der Waals surface area contributed by atoms with Crippen LogP contribution in [0, 0.1) is 11.7 Å². The van der Waals surface area contributed by atoms with Gasteiger partial charge in [-0.25, -0.2) is 14.4 Å². The Morgan fingerprint density at radius 3 is 2.29 bits per heavy atom. The molecular formula is C41H49FN10O3.